The molecule has 0 aliphatic heterocycles. The van der Waals surface area contributed by atoms with Crippen LogP contribution in [0.25, 0.3) is 0 Å². The average Bonchev–Trinajstić information content (AvgIpc) is 2.86. The first-order chi connectivity index (χ1) is 6.65. The number of pyridine rings is 1. The Hall–Kier alpha value is -0.800. The largest absolute Gasteiger partial charge is 0.349 e. The summed E-state index contributed by atoms with van der Waals surface area (Å²) in [5, 5.41) is 3.31. The summed E-state index contributed by atoms with van der Waals surface area (Å²) >= 11 is 11.3. The second-order valence-corrected chi connectivity index (χ2v) is 4.02. The van der Waals surface area contributed by atoms with Crippen molar-refractivity contribution in [2.24, 2.45) is 0 Å². The lowest BCUT2D eigenvalue weighted by Gasteiger charge is -2.03. The quantitative estimate of drug-likeness (QED) is 0.793. The first-order valence-electron chi connectivity index (χ1n) is 4.29. The van der Waals surface area contributed by atoms with E-state index < -0.39 is 0 Å². The lowest BCUT2D eigenvalue weighted by Crippen LogP contribution is -2.25. The summed E-state index contributed by atoms with van der Waals surface area (Å²) in [5.74, 6) is -0.140. The van der Waals surface area contributed by atoms with Crippen LogP contribution in [0.1, 0.15) is 23.2 Å². The fourth-order valence-corrected chi connectivity index (χ4v) is 1.55. The summed E-state index contributed by atoms with van der Waals surface area (Å²) in [7, 11) is 0. The van der Waals surface area contributed by atoms with Crippen LogP contribution in [0.2, 0.25) is 10.3 Å². The molecular formula is C9H8Cl2N2O. The van der Waals surface area contributed by atoms with Crippen LogP contribution < -0.4 is 5.32 Å². The summed E-state index contributed by atoms with van der Waals surface area (Å²) in [5.41, 5.74) is 0.460. The van der Waals surface area contributed by atoms with Crippen LogP contribution in [0.15, 0.2) is 12.1 Å². The highest BCUT2D eigenvalue weighted by molar-refractivity contribution is 6.33. The lowest BCUT2D eigenvalue weighted by molar-refractivity contribution is 0.0951. The highest BCUT2D eigenvalue weighted by atomic mass is 35.5. The molecule has 1 aromatic rings. The highest BCUT2D eigenvalue weighted by Gasteiger charge is 2.24. The Balaban J connectivity index is 2.17. The fraction of sp³-hybridized carbons (Fsp3) is 0.333. The van der Waals surface area contributed by atoms with Gasteiger partial charge in [0.15, 0.2) is 0 Å². The van der Waals surface area contributed by atoms with E-state index in [2.05, 4.69) is 10.3 Å². The highest BCUT2D eigenvalue weighted by Crippen LogP contribution is 2.20. The summed E-state index contributed by atoms with van der Waals surface area (Å²) < 4.78 is 0. The number of nitrogens with zero attached hydrogens (tertiary/aromatic N) is 1. The van der Waals surface area contributed by atoms with E-state index >= 15 is 0 Å². The number of hydrogen-bond donors (Lipinski definition) is 1. The number of halogens is 2. The third-order valence-electron chi connectivity index (χ3n) is 1.94. The SMILES string of the molecule is O=C(NC1CC1)c1cc(Cl)nc(Cl)c1. The van der Waals surface area contributed by atoms with Gasteiger partial charge >= 0.3 is 0 Å². The number of carbonyl (C=O) groups excluding carboxylic acids is 1. The van der Waals surface area contributed by atoms with Crippen LogP contribution in [-0.4, -0.2) is 16.9 Å². The van der Waals surface area contributed by atoms with Crippen molar-refractivity contribution in [2.75, 3.05) is 0 Å². The van der Waals surface area contributed by atoms with Crippen LogP contribution in [0.4, 0.5) is 0 Å². The maximum absolute atomic E-state index is 11.5. The molecule has 1 heterocycles. The first kappa shape index (κ1) is 9.74. The predicted molar refractivity (Wildman–Crippen MR) is 54.7 cm³/mol. The van der Waals surface area contributed by atoms with Gasteiger partial charge in [-0.3, -0.25) is 4.79 Å². The number of nitrogens with one attached hydrogen (secondary N) is 1. The van der Waals surface area contributed by atoms with E-state index in [0.717, 1.165) is 12.8 Å². The fourth-order valence-electron chi connectivity index (χ4n) is 1.09. The predicted octanol–water partition coefficient (Wildman–Crippen LogP) is 2.28. The smallest absolute Gasteiger partial charge is 0.251 e. The third kappa shape index (κ3) is 2.36. The maximum atomic E-state index is 11.5. The molecule has 1 aliphatic carbocycles. The molecule has 0 bridgehead atoms. The van der Waals surface area contributed by atoms with Crippen molar-refractivity contribution in [2.45, 2.75) is 18.9 Å². The van der Waals surface area contributed by atoms with Crippen molar-refractivity contribution < 1.29 is 4.79 Å². The van der Waals surface area contributed by atoms with Gasteiger partial charge < -0.3 is 5.32 Å². The summed E-state index contributed by atoms with van der Waals surface area (Å²) in [6.45, 7) is 0. The average molecular weight is 231 g/mol. The van der Waals surface area contributed by atoms with Gasteiger partial charge in [-0.05, 0) is 25.0 Å². The van der Waals surface area contributed by atoms with Gasteiger partial charge in [0.25, 0.3) is 5.91 Å². The minimum absolute atomic E-state index is 0.140. The zero-order valence-corrected chi connectivity index (χ0v) is 8.77. The van der Waals surface area contributed by atoms with Crippen molar-refractivity contribution in [1.82, 2.24) is 10.3 Å². The zero-order chi connectivity index (χ0) is 10.1. The van der Waals surface area contributed by atoms with Crippen molar-refractivity contribution >= 4 is 29.1 Å². The normalized spacial score (nSPS) is 15.3. The van der Waals surface area contributed by atoms with Crippen molar-refractivity contribution in [1.29, 1.82) is 0 Å². The zero-order valence-electron chi connectivity index (χ0n) is 7.26. The number of aromatic nitrogens is 1. The molecule has 1 N–H and O–H groups in total. The van der Waals surface area contributed by atoms with E-state index in [1.54, 1.807) is 0 Å². The van der Waals surface area contributed by atoms with E-state index in [4.69, 9.17) is 23.2 Å². The molecule has 5 heteroatoms. The number of amides is 1. The summed E-state index contributed by atoms with van der Waals surface area (Å²) in [4.78, 5) is 15.3. The van der Waals surface area contributed by atoms with Crippen molar-refractivity contribution in [3.8, 4) is 0 Å². The molecule has 1 fully saturated rings. The molecule has 1 aliphatic rings. The van der Waals surface area contributed by atoms with Crippen molar-refractivity contribution in [3.05, 3.63) is 28.0 Å². The number of rotatable bonds is 2. The first-order valence-corrected chi connectivity index (χ1v) is 5.05. The van der Waals surface area contributed by atoms with E-state index in [1.807, 2.05) is 0 Å². The van der Waals surface area contributed by atoms with Gasteiger partial charge in [-0.1, -0.05) is 23.2 Å². The Bertz CT molecular complexity index is 357. The summed E-state index contributed by atoms with van der Waals surface area (Å²) in [6, 6.07) is 3.34. The van der Waals surface area contributed by atoms with Gasteiger partial charge in [0, 0.05) is 11.6 Å². The van der Waals surface area contributed by atoms with E-state index in [1.165, 1.54) is 12.1 Å². The number of carbonyl (C=O) groups is 1. The van der Waals surface area contributed by atoms with Gasteiger partial charge in [-0.25, -0.2) is 4.98 Å². The Morgan fingerprint density at radius 2 is 1.93 bits per heavy atom. The molecule has 0 saturated heterocycles. The van der Waals surface area contributed by atoms with Crippen LogP contribution in [0.5, 0.6) is 0 Å². The van der Waals surface area contributed by atoms with Gasteiger partial charge in [0.1, 0.15) is 10.3 Å². The second kappa shape index (κ2) is 3.75. The minimum Gasteiger partial charge on any atom is -0.349 e. The minimum atomic E-state index is -0.140. The Morgan fingerprint density at radius 1 is 1.36 bits per heavy atom. The molecule has 74 valence electrons. The topological polar surface area (TPSA) is 42.0 Å². The Kier molecular flexibility index (Phi) is 2.61. The molecule has 3 nitrogen and oxygen atoms in total. The van der Waals surface area contributed by atoms with E-state index in [-0.39, 0.29) is 16.2 Å². The second-order valence-electron chi connectivity index (χ2n) is 3.25. The Morgan fingerprint density at radius 3 is 2.43 bits per heavy atom. The molecule has 0 unspecified atom stereocenters. The van der Waals surface area contributed by atoms with Gasteiger partial charge in [-0.2, -0.15) is 0 Å². The van der Waals surface area contributed by atoms with Crippen LogP contribution in [0, 0.1) is 0 Å². The molecule has 1 amide bonds. The summed E-state index contributed by atoms with van der Waals surface area (Å²) in [6.07, 6.45) is 2.11. The molecule has 0 radical (unpaired) electrons. The monoisotopic (exact) mass is 230 g/mol. The molecule has 1 aromatic heterocycles. The molecule has 0 spiro atoms. The standard InChI is InChI=1S/C9H8Cl2N2O/c10-7-3-5(4-8(11)13-7)9(14)12-6-1-2-6/h3-4,6H,1-2H2,(H,12,14). The molecule has 1 saturated carbocycles. The molecular weight excluding hydrogens is 223 g/mol. The lowest BCUT2D eigenvalue weighted by atomic mass is 10.2. The van der Waals surface area contributed by atoms with Crippen LogP contribution in [0.3, 0.4) is 0 Å². The van der Waals surface area contributed by atoms with Crippen LogP contribution >= 0.6 is 23.2 Å². The maximum Gasteiger partial charge on any atom is 0.251 e. The third-order valence-corrected chi connectivity index (χ3v) is 2.32. The van der Waals surface area contributed by atoms with Gasteiger partial charge in [-0.15, -0.1) is 0 Å². The van der Waals surface area contributed by atoms with Gasteiger partial charge in [0.05, 0.1) is 0 Å². The molecule has 0 aromatic carbocycles. The number of hydrogen-bond acceptors (Lipinski definition) is 2. The van der Waals surface area contributed by atoms with E-state index in [0.29, 0.717) is 11.6 Å². The van der Waals surface area contributed by atoms with Gasteiger partial charge in [0.2, 0.25) is 0 Å². The molecule has 0 atom stereocenters. The molecule has 2 rings (SSSR count). The van der Waals surface area contributed by atoms with Crippen molar-refractivity contribution in [3.63, 3.8) is 0 Å². The Labute approximate surface area is 91.4 Å². The van der Waals surface area contributed by atoms with Crippen LogP contribution in [-0.2, 0) is 0 Å². The molecule has 14 heavy (non-hydrogen) atoms. The van der Waals surface area contributed by atoms with E-state index in [9.17, 15) is 4.79 Å².